The molecule has 4 heteroatoms. The molecule has 2 aliphatic carbocycles. The van der Waals surface area contributed by atoms with Crippen LogP contribution < -0.4 is 0 Å². The first-order chi connectivity index (χ1) is 6.20. The maximum atomic E-state index is 11.5. The molecule has 0 aromatic rings. The first-order valence-electron chi connectivity index (χ1n) is 4.49. The Labute approximate surface area is 75.2 Å². The summed E-state index contributed by atoms with van der Waals surface area (Å²) in [6, 6.07) is 0. The summed E-state index contributed by atoms with van der Waals surface area (Å²) in [5.74, 6) is -0.393. The highest BCUT2D eigenvalue weighted by atomic mass is 16.6. The van der Waals surface area contributed by atoms with Crippen LogP contribution in [0.2, 0.25) is 0 Å². The molecule has 2 heterocycles. The van der Waals surface area contributed by atoms with Gasteiger partial charge in [-0.3, -0.25) is 9.59 Å². The number of esters is 2. The van der Waals surface area contributed by atoms with Crippen LogP contribution in [0.15, 0.2) is 0 Å². The predicted molar refractivity (Wildman–Crippen MR) is 40.5 cm³/mol. The van der Waals surface area contributed by atoms with Crippen LogP contribution in [0.4, 0.5) is 0 Å². The molecule has 4 bridgehead atoms. The number of carbonyl (C=O) groups is 2. The highest BCUT2D eigenvalue weighted by Crippen LogP contribution is 2.72. The van der Waals surface area contributed by atoms with E-state index >= 15 is 0 Å². The normalized spacial score (nSPS) is 49.9. The number of rotatable bonds is 1. The van der Waals surface area contributed by atoms with Crippen LogP contribution in [0.1, 0.15) is 12.8 Å². The zero-order valence-electron chi connectivity index (χ0n) is 7.28. The second-order valence-corrected chi connectivity index (χ2v) is 4.11. The van der Waals surface area contributed by atoms with Gasteiger partial charge in [-0.2, -0.15) is 0 Å². The third kappa shape index (κ3) is 0.607. The Morgan fingerprint density at radius 3 is 3.00 bits per heavy atom. The van der Waals surface area contributed by atoms with Crippen molar-refractivity contribution in [2.24, 2.45) is 17.3 Å². The van der Waals surface area contributed by atoms with E-state index in [9.17, 15) is 9.59 Å². The quantitative estimate of drug-likeness (QED) is 0.540. The largest absolute Gasteiger partial charge is 0.469 e. The molecule has 70 valence electrons. The Hall–Kier alpha value is -1.06. The van der Waals surface area contributed by atoms with Crippen molar-refractivity contribution in [2.75, 3.05) is 7.11 Å². The van der Waals surface area contributed by atoms with Crippen LogP contribution >= 0.6 is 0 Å². The van der Waals surface area contributed by atoms with E-state index in [1.54, 1.807) is 0 Å². The third-order valence-electron chi connectivity index (χ3n) is 3.69. The van der Waals surface area contributed by atoms with Gasteiger partial charge in [-0.05, 0) is 12.3 Å². The summed E-state index contributed by atoms with van der Waals surface area (Å²) in [5, 5.41) is 0. The maximum absolute atomic E-state index is 11.5. The lowest BCUT2D eigenvalue weighted by atomic mass is 9.96. The van der Waals surface area contributed by atoms with Gasteiger partial charge in [0.25, 0.3) is 0 Å². The molecular weight excluding hydrogens is 172 g/mol. The van der Waals surface area contributed by atoms with E-state index in [0.29, 0.717) is 6.42 Å². The molecule has 4 aliphatic rings. The minimum atomic E-state index is -0.477. The van der Waals surface area contributed by atoms with Gasteiger partial charge in [0.15, 0.2) is 0 Å². The van der Waals surface area contributed by atoms with Crippen molar-refractivity contribution in [2.45, 2.75) is 18.9 Å². The molecule has 0 aromatic carbocycles. The monoisotopic (exact) mass is 182 g/mol. The summed E-state index contributed by atoms with van der Waals surface area (Å²) < 4.78 is 9.81. The van der Waals surface area contributed by atoms with E-state index in [-0.39, 0.29) is 29.9 Å². The van der Waals surface area contributed by atoms with E-state index in [2.05, 4.69) is 0 Å². The molecule has 0 radical (unpaired) electrons. The van der Waals surface area contributed by atoms with Crippen LogP contribution in [0.5, 0.6) is 0 Å². The molecule has 0 spiro atoms. The van der Waals surface area contributed by atoms with Gasteiger partial charge in [0.05, 0.1) is 18.4 Å². The summed E-state index contributed by atoms with van der Waals surface area (Å²) in [4.78, 5) is 22.8. The fourth-order valence-corrected chi connectivity index (χ4v) is 3.14. The lowest BCUT2D eigenvalue weighted by molar-refractivity contribution is -0.166. The topological polar surface area (TPSA) is 52.6 Å². The van der Waals surface area contributed by atoms with Gasteiger partial charge in [-0.25, -0.2) is 0 Å². The predicted octanol–water partition coefficient (Wildman–Crippen LogP) is 0.111. The van der Waals surface area contributed by atoms with Gasteiger partial charge < -0.3 is 9.47 Å². The first-order valence-corrected chi connectivity index (χ1v) is 4.49. The Morgan fingerprint density at radius 1 is 1.69 bits per heavy atom. The Bertz CT molecular complexity index is 311. The van der Waals surface area contributed by atoms with Crippen molar-refractivity contribution in [3.8, 4) is 0 Å². The number of hydrogen-bond acceptors (Lipinski definition) is 4. The minimum absolute atomic E-state index is 0.0263. The van der Waals surface area contributed by atoms with Crippen LogP contribution in [0.25, 0.3) is 0 Å². The first kappa shape index (κ1) is 7.35. The SMILES string of the molecule is COC(=O)C12CC3CC1C2C(=O)O3. The molecule has 4 nitrogen and oxygen atoms in total. The van der Waals surface area contributed by atoms with Crippen molar-refractivity contribution in [1.29, 1.82) is 0 Å². The second-order valence-electron chi connectivity index (χ2n) is 4.11. The summed E-state index contributed by atoms with van der Waals surface area (Å²) in [7, 11) is 1.38. The number of methoxy groups -OCH3 is 1. The van der Waals surface area contributed by atoms with Crippen molar-refractivity contribution in [1.82, 2.24) is 0 Å². The molecule has 4 rings (SSSR count). The average molecular weight is 182 g/mol. The van der Waals surface area contributed by atoms with E-state index in [1.807, 2.05) is 0 Å². The summed E-state index contributed by atoms with van der Waals surface area (Å²) in [6.45, 7) is 0. The molecule has 4 fully saturated rings. The number of carbonyl (C=O) groups excluding carboxylic acids is 2. The van der Waals surface area contributed by atoms with E-state index in [4.69, 9.17) is 9.47 Å². The van der Waals surface area contributed by atoms with Crippen LogP contribution in [-0.4, -0.2) is 25.2 Å². The lowest BCUT2D eigenvalue weighted by Crippen LogP contribution is -2.34. The summed E-state index contributed by atoms with van der Waals surface area (Å²) in [6.07, 6.45) is 1.51. The van der Waals surface area contributed by atoms with Gasteiger partial charge in [-0.1, -0.05) is 0 Å². The Balaban J connectivity index is 1.97. The summed E-state index contributed by atoms with van der Waals surface area (Å²) >= 11 is 0. The molecule has 0 N–H and O–H groups in total. The molecule has 4 atom stereocenters. The standard InChI is InChI=1S/C9H10O4/c1-12-8(11)9-3-4-2-5(9)6(9)7(10)13-4/h4-6H,2-3H2,1H3. The molecule has 13 heavy (non-hydrogen) atoms. The number of fused-ring (bicyclic) bond motifs is 1. The van der Waals surface area contributed by atoms with Gasteiger partial charge in [0.1, 0.15) is 6.10 Å². The Morgan fingerprint density at radius 2 is 2.46 bits per heavy atom. The molecular formula is C9H10O4. The fraction of sp³-hybridized carbons (Fsp3) is 0.778. The van der Waals surface area contributed by atoms with Gasteiger partial charge in [0, 0.05) is 6.42 Å². The maximum Gasteiger partial charge on any atom is 0.313 e. The van der Waals surface area contributed by atoms with Crippen molar-refractivity contribution < 1.29 is 19.1 Å². The molecule has 2 aliphatic heterocycles. The summed E-state index contributed by atoms with van der Waals surface area (Å²) in [5.41, 5.74) is -0.477. The molecule has 0 aromatic heterocycles. The van der Waals surface area contributed by atoms with Gasteiger partial charge in [-0.15, -0.1) is 0 Å². The minimum Gasteiger partial charge on any atom is -0.469 e. The van der Waals surface area contributed by atoms with Crippen LogP contribution in [0.3, 0.4) is 0 Å². The van der Waals surface area contributed by atoms with E-state index < -0.39 is 5.41 Å². The average Bonchev–Trinajstić information content (AvgIpc) is 2.65. The molecule has 2 saturated heterocycles. The van der Waals surface area contributed by atoms with Crippen molar-refractivity contribution >= 4 is 11.9 Å². The molecule has 2 saturated carbocycles. The Kier molecular flexibility index (Phi) is 1.07. The molecule has 4 unspecified atom stereocenters. The zero-order valence-corrected chi connectivity index (χ0v) is 7.28. The van der Waals surface area contributed by atoms with Crippen LogP contribution in [0, 0.1) is 17.3 Å². The second kappa shape index (κ2) is 1.89. The smallest absolute Gasteiger partial charge is 0.313 e. The number of hydrogen-bond donors (Lipinski definition) is 0. The van der Waals surface area contributed by atoms with Crippen molar-refractivity contribution in [3.05, 3.63) is 0 Å². The van der Waals surface area contributed by atoms with Crippen LogP contribution in [-0.2, 0) is 19.1 Å². The van der Waals surface area contributed by atoms with E-state index in [0.717, 1.165) is 6.42 Å². The van der Waals surface area contributed by atoms with Crippen molar-refractivity contribution in [3.63, 3.8) is 0 Å². The third-order valence-corrected chi connectivity index (χ3v) is 3.69. The van der Waals surface area contributed by atoms with E-state index in [1.165, 1.54) is 7.11 Å². The fourth-order valence-electron chi connectivity index (χ4n) is 3.14. The lowest BCUT2D eigenvalue weighted by Gasteiger charge is -2.24. The number of ether oxygens (including phenoxy) is 2. The molecule has 0 amide bonds. The highest BCUT2D eigenvalue weighted by molar-refractivity contribution is 5.94. The van der Waals surface area contributed by atoms with Gasteiger partial charge in [0.2, 0.25) is 0 Å². The van der Waals surface area contributed by atoms with Gasteiger partial charge >= 0.3 is 11.9 Å². The highest BCUT2D eigenvalue weighted by Gasteiger charge is 2.81. The zero-order chi connectivity index (χ0) is 9.22.